The Morgan fingerprint density at radius 2 is 1.38 bits per heavy atom. The first-order chi connectivity index (χ1) is 27.2. The van der Waals surface area contributed by atoms with Crippen molar-refractivity contribution in [3.63, 3.8) is 0 Å². The van der Waals surface area contributed by atoms with Crippen molar-refractivity contribution in [3.05, 3.63) is 80.0 Å². The number of ether oxygens (including phenoxy) is 4. The predicted molar refractivity (Wildman–Crippen MR) is 222 cm³/mol. The number of amides is 2. The van der Waals surface area contributed by atoms with Gasteiger partial charge in [0.1, 0.15) is 22.9 Å². The van der Waals surface area contributed by atoms with Crippen molar-refractivity contribution >= 4 is 67.6 Å². The van der Waals surface area contributed by atoms with E-state index in [0.29, 0.717) is 25.1 Å². The van der Waals surface area contributed by atoms with Gasteiger partial charge in [-0.15, -0.1) is 0 Å². The molecule has 2 aromatic carbocycles. The third kappa shape index (κ3) is 14.3. The van der Waals surface area contributed by atoms with Crippen molar-refractivity contribution in [1.82, 2.24) is 19.6 Å². The highest BCUT2D eigenvalue weighted by Crippen LogP contribution is 2.28. The molecule has 1 unspecified atom stereocenters. The molecule has 0 radical (unpaired) electrons. The molecule has 2 aliphatic rings. The molecule has 0 bridgehead atoms. The van der Waals surface area contributed by atoms with Crippen LogP contribution in [-0.2, 0) is 52.8 Å². The van der Waals surface area contributed by atoms with E-state index >= 15 is 0 Å². The highest BCUT2D eigenvalue weighted by Gasteiger charge is 2.39. The lowest BCUT2D eigenvalue weighted by Crippen LogP contribution is -2.49. The lowest BCUT2D eigenvalue weighted by Gasteiger charge is -2.32. The second kappa shape index (κ2) is 21.4. The summed E-state index contributed by atoms with van der Waals surface area (Å²) in [5.41, 5.74) is 7.99. The van der Waals surface area contributed by atoms with Crippen LogP contribution in [0, 0.1) is 5.92 Å². The predicted octanol–water partition coefficient (Wildman–Crippen LogP) is 6.96. The molecule has 15 nitrogen and oxygen atoms in total. The molecule has 2 aliphatic heterocycles. The standard InChI is InChI=1S/C20H24BrN3O4.C14H21NO6.C7H8BrN/c1-5-27-18(25)17-15-12-23(19(26)28-20(2,3)4)10-9-16(15)24(22-17)14-8-6-7-13(21)11-14;1-5-20-12(18)11(17)9-8-15(7-6-10(9)16)13(19)21-14(2,3)4;8-7-3-1-2-6(4-7)5-9/h6-8,11H,5,9-10,12H2,1-4H3;9H,5-8H2,1-4H3;1-4H,5,9H2. The maximum atomic E-state index is 12.5. The molecule has 5 rings (SSSR count). The van der Waals surface area contributed by atoms with E-state index in [1.807, 2.05) is 69.3 Å². The van der Waals surface area contributed by atoms with E-state index in [-0.39, 0.29) is 50.7 Å². The molecule has 1 saturated heterocycles. The van der Waals surface area contributed by atoms with Crippen molar-refractivity contribution in [2.45, 2.75) is 92.5 Å². The van der Waals surface area contributed by atoms with Crippen LogP contribution in [-0.4, -0.2) is 99.3 Å². The normalized spacial score (nSPS) is 15.1. The van der Waals surface area contributed by atoms with Crippen molar-refractivity contribution in [2.75, 3.05) is 32.8 Å². The Hall–Kier alpha value is -4.61. The lowest BCUT2D eigenvalue weighted by molar-refractivity contribution is -0.157. The fraction of sp³-hybridized carbons (Fsp3) is 0.488. The van der Waals surface area contributed by atoms with Crippen LogP contribution in [0.4, 0.5) is 9.59 Å². The average Bonchev–Trinajstić information content (AvgIpc) is 3.53. The SMILES string of the molecule is CCOC(=O)C(=O)C1CN(C(=O)OC(C)(C)C)CCC1=O.CCOC(=O)c1nn(-c2cccc(Br)c2)c2c1CN(C(=O)OC(C)(C)C)CC2.NCc1cccc(Br)c1. The summed E-state index contributed by atoms with van der Waals surface area (Å²) in [5, 5.41) is 4.53. The largest absolute Gasteiger partial charge is 0.461 e. The van der Waals surface area contributed by atoms with Gasteiger partial charge in [-0.05, 0) is 91.3 Å². The van der Waals surface area contributed by atoms with Gasteiger partial charge in [0.15, 0.2) is 5.69 Å². The summed E-state index contributed by atoms with van der Waals surface area (Å²) in [6, 6.07) is 15.7. The van der Waals surface area contributed by atoms with Crippen LogP contribution in [0.15, 0.2) is 57.5 Å². The summed E-state index contributed by atoms with van der Waals surface area (Å²) in [5.74, 6) is -3.95. The number of piperidine rings is 1. The summed E-state index contributed by atoms with van der Waals surface area (Å²) in [6.45, 7) is 15.7. The van der Waals surface area contributed by atoms with E-state index in [9.17, 15) is 28.8 Å². The molecule has 0 aliphatic carbocycles. The quantitative estimate of drug-likeness (QED) is 0.111. The molecule has 3 aromatic rings. The second-order valence-corrected chi connectivity index (χ2v) is 17.0. The van der Waals surface area contributed by atoms with Gasteiger partial charge in [-0.3, -0.25) is 9.59 Å². The molecule has 1 fully saturated rings. The Morgan fingerprint density at radius 3 is 1.91 bits per heavy atom. The summed E-state index contributed by atoms with van der Waals surface area (Å²) >= 11 is 6.82. The number of Topliss-reactive ketones (excluding diaryl/α,β-unsaturated/α-hetero) is 2. The molecule has 0 saturated carbocycles. The number of ketones is 2. The smallest absolute Gasteiger partial charge is 0.410 e. The first-order valence-electron chi connectivity index (χ1n) is 18.9. The molecular weight excluding hydrogens is 882 g/mol. The van der Waals surface area contributed by atoms with E-state index in [0.717, 1.165) is 25.9 Å². The van der Waals surface area contributed by atoms with Crippen LogP contribution in [0.25, 0.3) is 5.69 Å². The van der Waals surface area contributed by atoms with Crippen molar-refractivity contribution in [3.8, 4) is 5.69 Å². The molecule has 2 N–H and O–H groups in total. The van der Waals surface area contributed by atoms with Crippen LogP contribution in [0.5, 0.6) is 0 Å². The fourth-order valence-electron chi connectivity index (χ4n) is 5.65. The lowest BCUT2D eigenvalue weighted by atomic mass is 9.92. The number of rotatable bonds is 7. The number of carbonyl (C=O) groups excluding carboxylic acids is 6. The number of hydrogen-bond donors (Lipinski definition) is 1. The van der Waals surface area contributed by atoms with Gasteiger partial charge in [0.2, 0.25) is 0 Å². The maximum absolute atomic E-state index is 12.5. The molecule has 17 heteroatoms. The number of nitrogens with zero attached hydrogens (tertiary/aromatic N) is 4. The highest BCUT2D eigenvalue weighted by molar-refractivity contribution is 9.10. The summed E-state index contributed by atoms with van der Waals surface area (Å²) in [6.07, 6.45) is -0.414. The Balaban J connectivity index is 0.000000263. The van der Waals surface area contributed by atoms with E-state index in [1.165, 1.54) is 4.90 Å². The van der Waals surface area contributed by atoms with E-state index < -0.39 is 47.0 Å². The maximum Gasteiger partial charge on any atom is 0.410 e. The molecule has 316 valence electrons. The molecule has 0 spiro atoms. The van der Waals surface area contributed by atoms with Gasteiger partial charge in [0.25, 0.3) is 5.78 Å². The average molecular weight is 936 g/mol. The number of hydrogen-bond acceptors (Lipinski definition) is 12. The molecule has 1 atom stereocenters. The molecular formula is C41H53Br2N5O10. The zero-order valence-corrected chi connectivity index (χ0v) is 37.4. The van der Waals surface area contributed by atoms with E-state index in [1.54, 1.807) is 44.2 Å². The monoisotopic (exact) mass is 933 g/mol. The minimum atomic E-state index is -1.16. The van der Waals surface area contributed by atoms with Crippen LogP contribution < -0.4 is 5.73 Å². The summed E-state index contributed by atoms with van der Waals surface area (Å²) in [7, 11) is 0. The fourth-order valence-corrected chi connectivity index (χ4v) is 6.48. The van der Waals surface area contributed by atoms with Gasteiger partial charge < -0.3 is 34.5 Å². The number of carbonyl (C=O) groups is 6. The number of likely N-dealkylation sites (tertiary alicyclic amines) is 1. The van der Waals surface area contributed by atoms with Crippen LogP contribution in [0.1, 0.15) is 89.1 Å². The minimum absolute atomic E-state index is 0.0229. The van der Waals surface area contributed by atoms with Gasteiger partial charge in [-0.25, -0.2) is 23.9 Å². The van der Waals surface area contributed by atoms with E-state index in [2.05, 4.69) is 41.7 Å². The van der Waals surface area contributed by atoms with Gasteiger partial charge >= 0.3 is 24.1 Å². The molecule has 2 amide bonds. The number of benzene rings is 2. The zero-order valence-electron chi connectivity index (χ0n) is 34.3. The van der Waals surface area contributed by atoms with Gasteiger partial charge in [-0.2, -0.15) is 5.10 Å². The van der Waals surface area contributed by atoms with Crippen LogP contribution >= 0.6 is 31.9 Å². The number of aromatic nitrogens is 2. The number of halogens is 2. The van der Waals surface area contributed by atoms with Crippen LogP contribution in [0.2, 0.25) is 0 Å². The van der Waals surface area contributed by atoms with Gasteiger partial charge in [0, 0.05) is 53.5 Å². The number of fused-ring (bicyclic) bond motifs is 1. The first-order valence-corrected chi connectivity index (χ1v) is 20.4. The van der Waals surface area contributed by atoms with E-state index in [4.69, 9.17) is 19.9 Å². The van der Waals surface area contributed by atoms with Crippen LogP contribution in [0.3, 0.4) is 0 Å². The molecule has 58 heavy (non-hydrogen) atoms. The van der Waals surface area contributed by atoms with Crippen molar-refractivity contribution in [1.29, 1.82) is 0 Å². The Morgan fingerprint density at radius 1 is 0.810 bits per heavy atom. The van der Waals surface area contributed by atoms with Crippen molar-refractivity contribution < 1.29 is 47.7 Å². The highest BCUT2D eigenvalue weighted by atomic mass is 79.9. The number of esters is 2. The third-order valence-electron chi connectivity index (χ3n) is 8.22. The third-order valence-corrected chi connectivity index (χ3v) is 9.21. The second-order valence-electron chi connectivity index (χ2n) is 15.2. The molecule has 3 heterocycles. The Kier molecular flexibility index (Phi) is 17.6. The first kappa shape index (κ1) is 47.8. The van der Waals surface area contributed by atoms with Crippen molar-refractivity contribution in [2.24, 2.45) is 11.7 Å². The zero-order chi connectivity index (χ0) is 43.4. The van der Waals surface area contributed by atoms with Gasteiger partial charge in [0.05, 0.1) is 31.1 Å². The van der Waals surface area contributed by atoms with Gasteiger partial charge in [-0.1, -0.05) is 50.1 Å². The number of nitrogens with two attached hydrogens (primary N) is 1. The summed E-state index contributed by atoms with van der Waals surface area (Å²) in [4.78, 5) is 74.9. The Bertz CT molecular complexity index is 1950. The summed E-state index contributed by atoms with van der Waals surface area (Å²) < 4.78 is 24.2. The Labute approximate surface area is 356 Å². The minimum Gasteiger partial charge on any atom is -0.461 e. The molecule has 1 aromatic heterocycles. The topological polar surface area (TPSA) is 190 Å².